The van der Waals surface area contributed by atoms with E-state index in [-0.39, 0.29) is 11.9 Å². The third kappa shape index (κ3) is 6.01. The Labute approximate surface area is 143 Å². The zero-order valence-electron chi connectivity index (χ0n) is 14.5. The van der Waals surface area contributed by atoms with Gasteiger partial charge in [0.25, 0.3) is 0 Å². The van der Waals surface area contributed by atoms with Gasteiger partial charge in [0.1, 0.15) is 12.4 Å². The largest absolute Gasteiger partial charge is 0.491 e. The van der Waals surface area contributed by atoms with E-state index in [0.717, 1.165) is 17.0 Å². The summed E-state index contributed by atoms with van der Waals surface area (Å²) in [6.45, 7) is 7.24. The standard InChI is InChI=1S/C19H25N3O2/c1-14-6-7-18(15(2)11-14)22-19(23)12-16(3)21-9-10-24-17-5-4-8-20-13-17/h4-8,11,13,16,21H,9-10,12H2,1-3H3,(H,22,23)/t16-/m1/s1. The number of carbonyl (C=O) groups is 1. The van der Waals surface area contributed by atoms with E-state index in [2.05, 4.69) is 21.7 Å². The van der Waals surface area contributed by atoms with Crippen LogP contribution in [0, 0.1) is 13.8 Å². The number of pyridine rings is 1. The summed E-state index contributed by atoms with van der Waals surface area (Å²) in [4.78, 5) is 16.1. The molecule has 0 aliphatic heterocycles. The summed E-state index contributed by atoms with van der Waals surface area (Å²) in [5.74, 6) is 0.759. The molecule has 0 saturated carbocycles. The Kier molecular flexibility index (Phi) is 6.75. The molecule has 0 bridgehead atoms. The molecule has 0 aliphatic rings. The Hall–Kier alpha value is -2.40. The number of nitrogens with one attached hydrogen (secondary N) is 2. The highest BCUT2D eigenvalue weighted by atomic mass is 16.5. The summed E-state index contributed by atoms with van der Waals surface area (Å²) < 4.78 is 5.56. The van der Waals surface area contributed by atoms with Crippen LogP contribution < -0.4 is 15.4 Å². The quantitative estimate of drug-likeness (QED) is 0.731. The van der Waals surface area contributed by atoms with Crippen LogP contribution in [-0.4, -0.2) is 30.1 Å². The third-order valence-corrected chi connectivity index (χ3v) is 3.65. The van der Waals surface area contributed by atoms with E-state index in [9.17, 15) is 4.79 Å². The number of aromatic nitrogens is 1. The highest BCUT2D eigenvalue weighted by molar-refractivity contribution is 5.91. The van der Waals surface area contributed by atoms with Gasteiger partial charge in [-0.05, 0) is 44.5 Å². The van der Waals surface area contributed by atoms with E-state index in [1.165, 1.54) is 5.56 Å². The number of benzene rings is 1. The monoisotopic (exact) mass is 327 g/mol. The van der Waals surface area contributed by atoms with Crippen molar-refractivity contribution in [1.82, 2.24) is 10.3 Å². The molecule has 2 rings (SSSR count). The van der Waals surface area contributed by atoms with E-state index in [0.29, 0.717) is 19.6 Å². The molecular formula is C19H25N3O2. The van der Waals surface area contributed by atoms with Gasteiger partial charge in [-0.3, -0.25) is 9.78 Å². The number of ether oxygens (including phenoxy) is 1. The summed E-state index contributed by atoms with van der Waals surface area (Å²) in [6, 6.07) is 9.79. The second kappa shape index (κ2) is 9.03. The maximum absolute atomic E-state index is 12.1. The molecule has 2 N–H and O–H groups in total. The van der Waals surface area contributed by atoms with Gasteiger partial charge in [0.05, 0.1) is 6.20 Å². The van der Waals surface area contributed by atoms with Crippen molar-refractivity contribution in [1.29, 1.82) is 0 Å². The number of carbonyl (C=O) groups excluding carboxylic acids is 1. The second-order valence-corrected chi connectivity index (χ2v) is 5.96. The van der Waals surface area contributed by atoms with Crippen molar-refractivity contribution in [2.75, 3.05) is 18.5 Å². The number of anilines is 1. The first kappa shape index (κ1) is 17.9. The fraction of sp³-hybridized carbons (Fsp3) is 0.368. The lowest BCUT2D eigenvalue weighted by Crippen LogP contribution is -2.33. The van der Waals surface area contributed by atoms with Crippen molar-refractivity contribution in [2.24, 2.45) is 0 Å². The van der Waals surface area contributed by atoms with Gasteiger partial charge in [-0.1, -0.05) is 17.7 Å². The summed E-state index contributed by atoms with van der Waals surface area (Å²) in [6.07, 6.45) is 3.81. The molecule has 0 spiro atoms. The minimum Gasteiger partial charge on any atom is -0.491 e. The van der Waals surface area contributed by atoms with Crippen molar-refractivity contribution >= 4 is 11.6 Å². The number of amides is 1. The Morgan fingerprint density at radius 2 is 2.12 bits per heavy atom. The van der Waals surface area contributed by atoms with Crippen molar-refractivity contribution in [3.05, 3.63) is 53.9 Å². The molecule has 5 heteroatoms. The number of hydrogen-bond donors (Lipinski definition) is 2. The van der Waals surface area contributed by atoms with E-state index in [4.69, 9.17) is 4.74 Å². The Morgan fingerprint density at radius 1 is 1.29 bits per heavy atom. The lowest BCUT2D eigenvalue weighted by atomic mass is 10.1. The first-order valence-electron chi connectivity index (χ1n) is 8.18. The normalized spacial score (nSPS) is 11.8. The van der Waals surface area contributed by atoms with Crippen LogP contribution >= 0.6 is 0 Å². The average molecular weight is 327 g/mol. The van der Waals surface area contributed by atoms with Gasteiger partial charge < -0.3 is 15.4 Å². The van der Waals surface area contributed by atoms with Crippen LogP contribution in [0.4, 0.5) is 5.69 Å². The minimum atomic E-state index is 0.00938. The van der Waals surface area contributed by atoms with Gasteiger partial charge in [-0.15, -0.1) is 0 Å². The molecule has 1 atom stereocenters. The number of nitrogens with zero attached hydrogens (tertiary/aromatic N) is 1. The lowest BCUT2D eigenvalue weighted by Gasteiger charge is -2.15. The third-order valence-electron chi connectivity index (χ3n) is 3.65. The van der Waals surface area contributed by atoms with Crippen LogP contribution in [0.5, 0.6) is 5.75 Å². The molecule has 0 radical (unpaired) electrons. The highest BCUT2D eigenvalue weighted by Gasteiger charge is 2.10. The summed E-state index contributed by atoms with van der Waals surface area (Å²) in [7, 11) is 0. The maximum atomic E-state index is 12.1. The molecule has 1 heterocycles. The van der Waals surface area contributed by atoms with Gasteiger partial charge in [0.2, 0.25) is 5.91 Å². The van der Waals surface area contributed by atoms with Gasteiger partial charge in [-0.2, -0.15) is 0 Å². The van der Waals surface area contributed by atoms with Crippen LogP contribution in [0.15, 0.2) is 42.7 Å². The fourth-order valence-electron chi connectivity index (χ4n) is 2.41. The number of hydrogen-bond acceptors (Lipinski definition) is 4. The first-order chi connectivity index (χ1) is 11.5. The van der Waals surface area contributed by atoms with E-state index in [1.54, 1.807) is 12.4 Å². The van der Waals surface area contributed by atoms with Gasteiger partial charge in [0.15, 0.2) is 0 Å². The molecule has 1 aromatic carbocycles. The summed E-state index contributed by atoms with van der Waals surface area (Å²) in [5.41, 5.74) is 3.14. The molecule has 0 unspecified atom stereocenters. The summed E-state index contributed by atoms with van der Waals surface area (Å²) in [5, 5.41) is 6.25. The molecular weight excluding hydrogens is 302 g/mol. The van der Waals surface area contributed by atoms with E-state index < -0.39 is 0 Å². The zero-order valence-corrected chi connectivity index (χ0v) is 14.5. The molecule has 2 aromatic rings. The molecule has 0 fully saturated rings. The first-order valence-corrected chi connectivity index (χ1v) is 8.18. The smallest absolute Gasteiger partial charge is 0.225 e. The predicted octanol–water partition coefficient (Wildman–Crippen LogP) is 3.08. The van der Waals surface area contributed by atoms with E-state index >= 15 is 0 Å². The fourth-order valence-corrected chi connectivity index (χ4v) is 2.41. The lowest BCUT2D eigenvalue weighted by molar-refractivity contribution is -0.116. The van der Waals surface area contributed by atoms with Gasteiger partial charge >= 0.3 is 0 Å². The van der Waals surface area contributed by atoms with Crippen molar-refractivity contribution in [3.8, 4) is 5.75 Å². The van der Waals surface area contributed by atoms with Crippen molar-refractivity contribution in [3.63, 3.8) is 0 Å². The van der Waals surface area contributed by atoms with Crippen molar-refractivity contribution in [2.45, 2.75) is 33.2 Å². The topological polar surface area (TPSA) is 63.2 Å². The number of aryl methyl sites for hydroxylation is 2. The average Bonchev–Trinajstić information content (AvgIpc) is 2.55. The molecule has 1 amide bonds. The van der Waals surface area contributed by atoms with Gasteiger partial charge in [-0.25, -0.2) is 0 Å². The molecule has 0 aliphatic carbocycles. The van der Waals surface area contributed by atoms with Crippen LogP contribution in [0.3, 0.4) is 0 Å². The van der Waals surface area contributed by atoms with Crippen LogP contribution in [0.2, 0.25) is 0 Å². The predicted molar refractivity (Wildman–Crippen MR) is 96.4 cm³/mol. The molecule has 24 heavy (non-hydrogen) atoms. The zero-order chi connectivity index (χ0) is 17.4. The van der Waals surface area contributed by atoms with Crippen LogP contribution in [0.25, 0.3) is 0 Å². The minimum absolute atomic E-state index is 0.00938. The van der Waals surface area contributed by atoms with Gasteiger partial charge in [0, 0.05) is 30.9 Å². The van der Waals surface area contributed by atoms with Crippen LogP contribution in [0.1, 0.15) is 24.5 Å². The number of rotatable bonds is 8. The Morgan fingerprint density at radius 3 is 2.83 bits per heavy atom. The Bertz CT molecular complexity index is 659. The summed E-state index contributed by atoms with van der Waals surface area (Å²) >= 11 is 0. The second-order valence-electron chi connectivity index (χ2n) is 5.96. The maximum Gasteiger partial charge on any atom is 0.225 e. The SMILES string of the molecule is Cc1ccc(NC(=O)C[C@@H](C)NCCOc2cccnc2)c(C)c1. The molecule has 0 saturated heterocycles. The molecule has 128 valence electrons. The Balaban J connectivity index is 1.68. The molecule has 5 nitrogen and oxygen atoms in total. The molecule has 1 aromatic heterocycles. The van der Waals surface area contributed by atoms with E-state index in [1.807, 2.05) is 45.0 Å². The van der Waals surface area contributed by atoms with Crippen LogP contribution in [-0.2, 0) is 4.79 Å². The van der Waals surface area contributed by atoms with Crippen molar-refractivity contribution < 1.29 is 9.53 Å². The highest BCUT2D eigenvalue weighted by Crippen LogP contribution is 2.16.